The number of carbonyl (C=O) groups is 1. The minimum Gasteiger partial charge on any atom is -0.388 e. The first-order valence-electron chi connectivity index (χ1n) is 6.16. The van der Waals surface area contributed by atoms with E-state index >= 15 is 0 Å². The molecule has 0 bridgehead atoms. The van der Waals surface area contributed by atoms with Crippen molar-refractivity contribution in [3.05, 3.63) is 52.5 Å². The quantitative estimate of drug-likeness (QED) is 0.793. The molecular formula is C14H15FN2O2S. The maximum absolute atomic E-state index is 13.3. The third kappa shape index (κ3) is 4.04. The number of benzene rings is 1. The minimum absolute atomic E-state index is 0.128. The maximum atomic E-state index is 13.3. The number of hydrogen-bond acceptors (Lipinski definition) is 3. The Morgan fingerprint density at radius 1 is 1.35 bits per heavy atom. The molecule has 1 aromatic carbocycles. The van der Waals surface area contributed by atoms with Gasteiger partial charge in [-0.05, 0) is 40.9 Å². The summed E-state index contributed by atoms with van der Waals surface area (Å²) < 4.78 is 13.3. The van der Waals surface area contributed by atoms with Crippen LogP contribution in [0.2, 0.25) is 0 Å². The zero-order valence-electron chi connectivity index (χ0n) is 10.7. The van der Waals surface area contributed by atoms with Crippen LogP contribution in [-0.4, -0.2) is 17.7 Å². The van der Waals surface area contributed by atoms with Crippen LogP contribution in [0, 0.1) is 5.82 Å². The SMILES string of the molecule is O=C(NCC[C@H](O)c1ccsc1)Nc1ccccc1F. The Balaban J connectivity index is 1.74. The highest BCUT2D eigenvalue weighted by atomic mass is 32.1. The van der Waals surface area contributed by atoms with E-state index in [1.165, 1.54) is 23.5 Å². The summed E-state index contributed by atoms with van der Waals surface area (Å²) in [6.07, 6.45) is -0.198. The molecule has 3 N–H and O–H groups in total. The fourth-order valence-corrected chi connectivity index (χ4v) is 2.39. The van der Waals surface area contributed by atoms with Gasteiger partial charge < -0.3 is 15.7 Å². The number of anilines is 1. The standard InChI is InChI=1S/C14H15FN2O2S/c15-11-3-1-2-4-12(11)17-14(19)16-7-5-13(18)10-6-8-20-9-10/h1-4,6,8-9,13,18H,5,7H2,(H2,16,17,19)/t13-/m0/s1. The summed E-state index contributed by atoms with van der Waals surface area (Å²) in [7, 11) is 0. The van der Waals surface area contributed by atoms with Gasteiger partial charge >= 0.3 is 6.03 Å². The fraction of sp³-hybridized carbons (Fsp3) is 0.214. The van der Waals surface area contributed by atoms with Gasteiger partial charge in [-0.1, -0.05) is 12.1 Å². The van der Waals surface area contributed by atoms with Gasteiger partial charge in [-0.2, -0.15) is 11.3 Å². The first-order chi connectivity index (χ1) is 9.66. The molecule has 6 heteroatoms. The molecule has 1 heterocycles. The molecule has 2 aromatic rings. The molecule has 0 aliphatic rings. The number of nitrogens with one attached hydrogen (secondary N) is 2. The Labute approximate surface area is 120 Å². The average Bonchev–Trinajstić information content (AvgIpc) is 2.95. The molecule has 1 atom stereocenters. The van der Waals surface area contributed by atoms with Gasteiger partial charge in [0, 0.05) is 6.54 Å². The lowest BCUT2D eigenvalue weighted by Crippen LogP contribution is -2.30. The molecule has 0 fully saturated rings. The summed E-state index contributed by atoms with van der Waals surface area (Å²) in [5.74, 6) is -0.485. The monoisotopic (exact) mass is 294 g/mol. The Kier molecular flexibility index (Phi) is 5.09. The molecule has 1 aromatic heterocycles. The van der Waals surface area contributed by atoms with Crippen LogP contribution in [0.1, 0.15) is 18.1 Å². The van der Waals surface area contributed by atoms with Crippen molar-refractivity contribution in [1.29, 1.82) is 0 Å². The predicted molar refractivity (Wildman–Crippen MR) is 77.3 cm³/mol. The van der Waals surface area contributed by atoms with Gasteiger partial charge in [0.1, 0.15) is 5.82 Å². The van der Waals surface area contributed by atoms with Crippen molar-refractivity contribution in [3.8, 4) is 0 Å². The van der Waals surface area contributed by atoms with Crippen LogP contribution >= 0.6 is 11.3 Å². The van der Waals surface area contributed by atoms with Gasteiger partial charge in [0.25, 0.3) is 0 Å². The molecular weight excluding hydrogens is 279 g/mol. The molecule has 106 valence electrons. The summed E-state index contributed by atoms with van der Waals surface area (Å²) >= 11 is 1.51. The smallest absolute Gasteiger partial charge is 0.319 e. The molecule has 0 aliphatic heterocycles. The molecule has 0 spiro atoms. The lowest BCUT2D eigenvalue weighted by molar-refractivity contribution is 0.168. The third-order valence-electron chi connectivity index (χ3n) is 2.75. The van der Waals surface area contributed by atoms with E-state index in [-0.39, 0.29) is 5.69 Å². The molecule has 0 saturated carbocycles. The minimum atomic E-state index is -0.602. The number of para-hydroxylation sites is 1. The Bertz CT molecular complexity index is 560. The second-order valence-corrected chi connectivity index (χ2v) is 5.00. The number of rotatable bonds is 5. The van der Waals surface area contributed by atoms with E-state index in [1.807, 2.05) is 16.8 Å². The van der Waals surface area contributed by atoms with Crippen molar-refractivity contribution in [1.82, 2.24) is 5.32 Å². The maximum Gasteiger partial charge on any atom is 0.319 e. The summed E-state index contributed by atoms with van der Waals surface area (Å²) in [6, 6.07) is 7.29. The number of carbonyl (C=O) groups excluding carboxylic acids is 1. The molecule has 0 radical (unpaired) electrons. The highest BCUT2D eigenvalue weighted by Crippen LogP contribution is 2.18. The van der Waals surface area contributed by atoms with Crippen molar-refractivity contribution in [2.75, 3.05) is 11.9 Å². The second-order valence-electron chi connectivity index (χ2n) is 4.22. The van der Waals surface area contributed by atoms with Crippen LogP contribution in [-0.2, 0) is 0 Å². The normalized spacial score (nSPS) is 11.9. The first kappa shape index (κ1) is 14.5. The number of amides is 2. The number of hydrogen-bond donors (Lipinski definition) is 3. The predicted octanol–water partition coefficient (Wildman–Crippen LogP) is 3.13. The van der Waals surface area contributed by atoms with E-state index in [0.29, 0.717) is 13.0 Å². The van der Waals surface area contributed by atoms with Crippen LogP contribution in [0.15, 0.2) is 41.1 Å². The van der Waals surface area contributed by atoms with Gasteiger partial charge in [0.15, 0.2) is 0 Å². The summed E-state index contributed by atoms with van der Waals surface area (Å²) in [5.41, 5.74) is 0.967. The number of aliphatic hydroxyl groups excluding tert-OH is 1. The van der Waals surface area contributed by atoms with Gasteiger partial charge in [0.2, 0.25) is 0 Å². The van der Waals surface area contributed by atoms with Crippen LogP contribution in [0.3, 0.4) is 0 Å². The van der Waals surface area contributed by atoms with Crippen molar-refractivity contribution in [3.63, 3.8) is 0 Å². The number of halogens is 1. The van der Waals surface area contributed by atoms with E-state index in [2.05, 4.69) is 10.6 Å². The van der Waals surface area contributed by atoms with Gasteiger partial charge in [-0.15, -0.1) is 0 Å². The third-order valence-corrected chi connectivity index (χ3v) is 3.45. The van der Waals surface area contributed by atoms with Crippen LogP contribution in [0.5, 0.6) is 0 Å². The highest BCUT2D eigenvalue weighted by molar-refractivity contribution is 7.07. The lowest BCUT2D eigenvalue weighted by atomic mass is 10.1. The van der Waals surface area contributed by atoms with E-state index in [1.54, 1.807) is 12.1 Å². The topological polar surface area (TPSA) is 61.4 Å². The Hall–Kier alpha value is -1.92. The molecule has 0 unspecified atom stereocenters. The Morgan fingerprint density at radius 2 is 2.15 bits per heavy atom. The lowest BCUT2D eigenvalue weighted by Gasteiger charge is -2.11. The molecule has 0 saturated heterocycles. The van der Waals surface area contributed by atoms with Crippen LogP contribution in [0.4, 0.5) is 14.9 Å². The average molecular weight is 294 g/mol. The number of thiophene rings is 1. The zero-order chi connectivity index (χ0) is 14.4. The van der Waals surface area contributed by atoms with Crippen molar-refractivity contribution in [2.45, 2.75) is 12.5 Å². The molecule has 2 rings (SSSR count). The van der Waals surface area contributed by atoms with Gasteiger partial charge in [-0.3, -0.25) is 0 Å². The van der Waals surface area contributed by atoms with Gasteiger partial charge in [0.05, 0.1) is 11.8 Å². The summed E-state index contributed by atoms with van der Waals surface area (Å²) in [5, 5.41) is 18.6. The fourth-order valence-electron chi connectivity index (χ4n) is 1.68. The van der Waals surface area contributed by atoms with Crippen molar-refractivity contribution < 1.29 is 14.3 Å². The van der Waals surface area contributed by atoms with E-state index in [9.17, 15) is 14.3 Å². The summed E-state index contributed by atoms with van der Waals surface area (Å²) in [4.78, 5) is 11.6. The molecule has 2 amide bonds. The summed E-state index contributed by atoms with van der Waals surface area (Å²) in [6.45, 7) is 0.303. The van der Waals surface area contributed by atoms with Crippen molar-refractivity contribution in [2.24, 2.45) is 0 Å². The van der Waals surface area contributed by atoms with Crippen LogP contribution < -0.4 is 10.6 Å². The van der Waals surface area contributed by atoms with Crippen molar-refractivity contribution >= 4 is 23.1 Å². The largest absolute Gasteiger partial charge is 0.388 e. The highest BCUT2D eigenvalue weighted by Gasteiger charge is 2.09. The number of aliphatic hydroxyl groups is 1. The van der Waals surface area contributed by atoms with E-state index in [4.69, 9.17) is 0 Å². The molecule has 20 heavy (non-hydrogen) atoms. The zero-order valence-corrected chi connectivity index (χ0v) is 11.5. The molecule has 4 nitrogen and oxygen atoms in total. The van der Waals surface area contributed by atoms with E-state index < -0.39 is 18.0 Å². The Morgan fingerprint density at radius 3 is 2.85 bits per heavy atom. The second kappa shape index (κ2) is 7.02. The molecule has 0 aliphatic carbocycles. The van der Waals surface area contributed by atoms with Crippen LogP contribution in [0.25, 0.3) is 0 Å². The number of urea groups is 1. The van der Waals surface area contributed by atoms with Gasteiger partial charge in [-0.25, -0.2) is 9.18 Å². The van der Waals surface area contributed by atoms with E-state index in [0.717, 1.165) is 5.56 Å². The first-order valence-corrected chi connectivity index (χ1v) is 7.10.